The third-order valence-corrected chi connectivity index (χ3v) is 11.5. The standard InChI is InChI=1S/C48H78N2/c1-4-6-8-10-12-14-15-16-17-18-19-20-22-24-26-34-41-50-42-40-49-47(50)46(39-33-25-23-21-13-11-9-7-5-2)48(3,45-37-31-28-32-38-45)43-44-35-29-27-30-36-44/h27-32,35-38,40,42,46H,4-26,33-34,39,41,43H2,1-3H3. The van der Waals surface area contributed by atoms with Gasteiger partial charge < -0.3 is 4.57 Å². The fourth-order valence-corrected chi connectivity index (χ4v) is 8.31. The Morgan fingerprint density at radius 2 is 0.940 bits per heavy atom. The monoisotopic (exact) mass is 683 g/mol. The topological polar surface area (TPSA) is 17.8 Å². The Morgan fingerprint density at radius 1 is 0.520 bits per heavy atom. The maximum Gasteiger partial charge on any atom is 0.112 e. The molecule has 0 saturated carbocycles. The first-order valence-electron chi connectivity index (χ1n) is 21.8. The highest BCUT2D eigenvalue weighted by atomic mass is 15.1. The molecular weight excluding hydrogens is 605 g/mol. The summed E-state index contributed by atoms with van der Waals surface area (Å²) in [6.45, 7) is 8.24. The fraction of sp³-hybridized carbons (Fsp3) is 0.688. The van der Waals surface area contributed by atoms with E-state index in [0.717, 1.165) is 13.0 Å². The van der Waals surface area contributed by atoms with Crippen LogP contribution in [0.3, 0.4) is 0 Å². The first kappa shape index (κ1) is 42.1. The largest absolute Gasteiger partial charge is 0.335 e. The van der Waals surface area contributed by atoms with Crippen molar-refractivity contribution in [2.75, 3.05) is 0 Å². The Hall–Kier alpha value is -2.35. The lowest BCUT2D eigenvalue weighted by atomic mass is 9.66. The van der Waals surface area contributed by atoms with Crippen LogP contribution in [0.15, 0.2) is 73.1 Å². The SMILES string of the molecule is CCCCCCCCCCCCCCCCCCn1ccnc1C(CCCCCCCCCCC)C(C)(Cc1ccccc1)c1ccccc1. The molecule has 280 valence electrons. The second-order valence-electron chi connectivity index (χ2n) is 15.9. The average Bonchev–Trinajstić information content (AvgIpc) is 3.60. The van der Waals surface area contributed by atoms with E-state index in [2.05, 4.69) is 98.4 Å². The Balaban J connectivity index is 1.51. The minimum absolute atomic E-state index is 0.0273. The highest BCUT2D eigenvalue weighted by Crippen LogP contribution is 2.44. The van der Waals surface area contributed by atoms with Gasteiger partial charge in [-0.05, 0) is 30.4 Å². The van der Waals surface area contributed by atoms with Gasteiger partial charge in [-0.2, -0.15) is 0 Å². The third kappa shape index (κ3) is 16.8. The van der Waals surface area contributed by atoms with Gasteiger partial charge in [-0.1, -0.05) is 236 Å². The maximum atomic E-state index is 5.16. The van der Waals surface area contributed by atoms with E-state index in [0.29, 0.717) is 5.92 Å². The number of unbranched alkanes of at least 4 members (excludes halogenated alkanes) is 23. The molecule has 0 aliphatic rings. The molecule has 0 spiro atoms. The van der Waals surface area contributed by atoms with Crippen molar-refractivity contribution in [3.8, 4) is 0 Å². The normalized spacial score (nSPS) is 13.4. The lowest BCUT2D eigenvalue weighted by molar-refractivity contribution is 0.321. The number of aryl methyl sites for hydroxylation is 1. The summed E-state index contributed by atoms with van der Waals surface area (Å²) in [5.41, 5.74) is 2.84. The number of hydrogen-bond donors (Lipinski definition) is 0. The molecule has 0 radical (unpaired) electrons. The average molecular weight is 683 g/mol. The molecule has 2 aromatic carbocycles. The zero-order valence-electron chi connectivity index (χ0n) is 33.2. The Bertz CT molecular complexity index is 1170. The Kier molecular flexibility index (Phi) is 23.0. The third-order valence-electron chi connectivity index (χ3n) is 11.5. The van der Waals surface area contributed by atoms with Gasteiger partial charge in [-0.25, -0.2) is 4.98 Å². The van der Waals surface area contributed by atoms with Crippen molar-refractivity contribution in [3.05, 3.63) is 90.0 Å². The molecule has 0 bridgehead atoms. The molecule has 0 fully saturated rings. The summed E-state index contributed by atoms with van der Waals surface area (Å²) in [6.07, 6.45) is 41.5. The van der Waals surface area contributed by atoms with Gasteiger partial charge >= 0.3 is 0 Å². The molecule has 2 atom stereocenters. The summed E-state index contributed by atoms with van der Waals surface area (Å²) < 4.78 is 2.54. The zero-order valence-corrected chi connectivity index (χ0v) is 33.2. The molecule has 50 heavy (non-hydrogen) atoms. The van der Waals surface area contributed by atoms with Gasteiger partial charge in [0.25, 0.3) is 0 Å². The van der Waals surface area contributed by atoms with E-state index in [-0.39, 0.29) is 5.41 Å². The van der Waals surface area contributed by atoms with Crippen molar-refractivity contribution >= 4 is 0 Å². The first-order valence-corrected chi connectivity index (χ1v) is 21.8. The summed E-state index contributed by atoms with van der Waals surface area (Å²) in [5, 5.41) is 0. The van der Waals surface area contributed by atoms with Crippen LogP contribution in [0.4, 0.5) is 0 Å². The number of hydrogen-bond acceptors (Lipinski definition) is 1. The molecule has 2 heteroatoms. The molecule has 0 aliphatic carbocycles. The zero-order chi connectivity index (χ0) is 35.4. The molecular formula is C48H78N2. The number of rotatable bonds is 32. The minimum Gasteiger partial charge on any atom is -0.335 e. The summed E-state index contributed by atoms with van der Waals surface area (Å²) in [7, 11) is 0. The highest BCUT2D eigenvalue weighted by molar-refractivity contribution is 5.33. The van der Waals surface area contributed by atoms with E-state index in [1.165, 1.54) is 184 Å². The van der Waals surface area contributed by atoms with Crippen LogP contribution in [0.5, 0.6) is 0 Å². The maximum absolute atomic E-state index is 5.16. The smallest absolute Gasteiger partial charge is 0.112 e. The van der Waals surface area contributed by atoms with E-state index in [1.54, 1.807) is 0 Å². The molecule has 1 aromatic heterocycles. The van der Waals surface area contributed by atoms with Gasteiger partial charge in [0.05, 0.1) is 0 Å². The molecule has 3 aromatic rings. The van der Waals surface area contributed by atoms with Crippen LogP contribution in [-0.4, -0.2) is 9.55 Å². The number of imidazole rings is 1. The number of benzene rings is 2. The fourth-order valence-electron chi connectivity index (χ4n) is 8.31. The summed E-state index contributed by atoms with van der Waals surface area (Å²) in [5.74, 6) is 1.69. The van der Waals surface area contributed by atoms with Gasteiger partial charge in [0.1, 0.15) is 5.82 Å². The van der Waals surface area contributed by atoms with Crippen molar-refractivity contribution < 1.29 is 0 Å². The van der Waals surface area contributed by atoms with Crippen LogP contribution < -0.4 is 0 Å². The predicted octanol–water partition coefficient (Wildman–Crippen LogP) is 15.3. The predicted molar refractivity (Wildman–Crippen MR) is 220 cm³/mol. The Morgan fingerprint density at radius 3 is 1.42 bits per heavy atom. The molecule has 0 amide bonds. The van der Waals surface area contributed by atoms with E-state index < -0.39 is 0 Å². The van der Waals surface area contributed by atoms with Crippen molar-refractivity contribution in [3.63, 3.8) is 0 Å². The van der Waals surface area contributed by atoms with Gasteiger partial charge in [0.2, 0.25) is 0 Å². The lowest BCUT2D eigenvalue weighted by Gasteiger charge is -2.39. The summed E-state index contributed by atoms with van der Waals surface area (Å²) in [6, 6.07) is 22.6. The lowest BCUT2D eigenvalue weighted by Crippen LogP contribution is -2.35. The second-order valence-corrected chi connectivity index (χ2v) is 15.9. The molecule has 2 nitrogen and oxygen atoms in total. The van der Waals surface area contributed by atoms with Crippen LogP contribution in [0.2, 0.25) is 0 Å². The quantitative estimate of drug-likeness (QED) is 0.0599. The van der Waals surface area contributed by atoms with E-state index in [4.69, 9.17) is 4.98 Å². The van der Waals surface area contributed by atoms with Gasteiger partial charge in [-0.15, -0.1) is 0 Å². The van der Waals surface area contributed by atoms with Crippen LogP contribution in [0.1, 0.15) is 211 Å². The highest BCUT2D eigenvalue weighted by Gasteiger charge is 2.39. The molecule has 1 heterocycles. The number of aromatic nitrogens is 2. The van der Waals surface area contributed by atoms with Crippen molar-refractivity contribution in [2.24, 2.45) is 0 Å². The molecule has 0 aliphatic heterocycles. The molecule has 0 N–H and O–H groups in total. The van der Waals surface area contributed by atoms with Crippen molar-refractivity contribution in [1.29, 1.82) is 0 Å². The van der Waals surface area contributed by atoms with E-state index >= 15 is 0 Å². The van der Waals surface area contributed by atoms with E-state index in [1.807, 2.05) is 0 Å². The summed E-state index contributed by atoms with van der Waals surface area (Å²) >= 11 is 0. The summed E-state index contributed by atoms with van der Waals surface area (Å²) in [4.78, 5) is 5.16. The van der Waals surface area contributed by atoms with E-state index in [9.17, 15) is 0 Å². The van der Waals surface area contributed by atoms with Gasteiger partial charge in [0.15, 0.2) is 0 Å². The number of nitrogens with zero attached hydrogens (tertiary/aromatic N) is 2. The van der Waals surface area contributed by atoms with Crippen LogP contribution in [-0.2, 0) is 18.4 Å². The van der Waals surface area contributed by atoms with Crippen molar-refractivity contribution in [1.82, 2.24) is 9.55 Å². The molecule has 2 unspecified atom stereocenters. The second kappa shape index (κ2) is 27.3. The van der Waals surface area contributed by atoms with Crippen LogP contribution in [0.25, 0.3) is 0 Å². The van der Waals surface area contributed by atoms with Gasteiger partial charge in [-0.3, -0.25) is 0 Å². The molecule has 3 rings (SSSR count). The van der Waals surface area contributed by atoms with Crippen LogP contribution in [0, 0.1) is 0 Å². The van der Waals surface area contributed by atoms with Gasteiger partial charge in [0, 0.05) is 30.3 Å². The minimum atomic E-state index is -0.0273. The Labute approximate surface area is 310 Å². The van der Waals surface area contributed by atoms with Crippen molar-refractivity contribution in [2.45, 2.75) is 212 Å². The molecule has 0 saturated heterocycles. The first-order chi connectivity index (χ1) is 24.7. The van der Waals surface area contributed by atoms with Crippen LogP contribution >= 0.6 is 0 Å².